The Bertz CT molecular complexity index is 472. The summed E-state index contributed by atoms with van der Waals surface area (Å²) in [5.74, 6) is 1.15. The average Bonchev–Trinajstić information content (AvgIpc) is 2.43. The van der Waals surface area contributed by atoms with Gasteiger partial charge >= 0.3 is 6.09 Å². The maximum absolute atomic E-state index is 12.1. The summed E-state index contributed by atoms with van der Waals surface area (Å²) in [5.41, 5.74) is 1.71. The monoisotopic (exact) mass is 324 g/mol. The lowest BCUT2D eigenvalue weighted by Gasteiger charge is -2.25. The number of hydrogen-bond donors (Lipinski definition) is 1. The molecule has 124 valence electrons. The number of amides is 1. The molecule has 0 atom stereocenters. The zero-order valence-electron chi connectivity index (χ0n) is 14.3. The summed E-state index contributed by atoms with van der Waals surface area (Å²) < 4.78 is 5.39. The van der Waals surface area contributed by atoms with E-state index in [1.807, 2.05) is 50.7 Å². The number of benzene rings is 1. The SMILES string of the molecule is CSCCCNc1ccccc1CN(C)C(=O)OC(C)(C)C. The molecule has 0 aliphatic heterocycles. The van der Waals surface area contributed by atoms with Crippen LogP contribution in [0.15, 0.2) is 24.3 Å². The lowest BCUT2D eigenvalue weighted by Crippen LogP contribution is -2.34. The summed E-state index contributed by atoms with van der Waals surface area (Å²) in [6, 6.07) is 8.09. The van der Waals surface area contributed by atoms with Crippen molar-refractivity contribution in [2.75, 3.05) is 30.9 Å². The van der Waals surface area contributed by atoms with Crippen LogP contribution < -0.4 is 5.32 Å². The molecule has 0 saturated heterocycles. The summed E-state index contributed by atoms with van der Waals surface area (Å²) in [6.07, 6.45) is 2.94. The zero-order chi connectivity index (χ0) is 16.6. The highest BCUT2D eigenvalue weighted by molar-refractivity contribution is 7.98. The molecule has 0 heterocycles. The molecule has 1 rings (SSSR count). The lowest BCUT2D eigenvalue weighted by molar-refractivity contribution is 0.0285. The Balaban J connectivity index is 2.62. The van der Waals surface area contributed by atoms with Crippen molar-refractivity contribution in [3.05, 3.63) is 29.8 Å². The second-order valence-electron chi connectivity index (χ2n) is 6.27. The molecule has 22 heavy (non-hydrogen) atoms. The van der Waals surface area contributed by atoms with Gasteiger partial charge < -0.3 is 15.0 Å². The third-order valence-electron chi connectivity index (χ3n) is 2.97. The highest BCUT2D eigenvalue weighted by Crippen LogP contribution is 2.18. The van der Waals surface area contributed by atoms with Crippen molar-refractivity contribution >= 4 is 23.5 Å². The predicted octanol–water partition coefficient (Wildman–Crippen LogP) is 4.22. The van der Waals surface area contributed by atoms with Crippen LogP contribution in [0, 0.1) is 0 Å². The largest absolute Gasteiger partial charge is 0.444 e. The normalized spacial score (nSPS) is 11.1. The molecule has 1 aromatic carbocycles. The highest BCUT2D eigenvalue weighted by atomic mass is 32.2. The number of ether oxygens (including phenoxy) is 1. The van der Waals surface area contributed by atoms with Crippen LogP contribution in [0.25, 0.3) is 0 Å². The fraction of sp³-hybridized carbons (Fsp3) is 0.588. The molecule has 0 spiro atoms. The number of nitrogens with one attached hydrogen (secondary N) is 1. The van der Waals surface area contributed by atoms with Crippen LogP contribution in [0.4, 0.5) is 10.5 Å². The summed E-state index contributed by atoms with van der Waals surface area (Å²) in [4.78, 5) is 13.7. The summed E-state index contributed by atoms with van der Waals surface area (Å²) in [7, 11) is 1.76. The first-order valence-corrected chi connectivity index (χ1v) is 8.97. The molecule has 1 aromatic rings. The third kappa shape index (κ3) is 7.07. The number of thioether (sulfide) groups is 1. The van der Waals surface area contributed by atoms with Gasteiger partial charge in [-0.15, -0.1) is 0 Å². The molecule has 0 aliphatic rings. The number of carbonyl (C=O) groups is 1. The molecule has 0 aromatic heterocycles. The molecule has 0 aliphatic carbocycles. The van der Waals surface area contributed by atoms with E-state index in [0.29, 0.717) is 6.54 Å². The van der Waals surface area contributed by atoms with Gasteiger partial charge in [-0.3, -0.25) is 0 Å². The Kier molecular flexibility index (Phi) is 7.59. The Morgan fingerprint density at radius 1 is 1.32 bits per heavy atom. The second-order valence-corrected chi connectivity index (χ2v) is 7.25. The molecule has 4 nitrogen and oxygen atoms in total. The van der Waals surface area contributed by atoms with E-state index in [2.05, 4.69) is 17.6 Å². The minimum Gasteiger partial charge on any atom is -0.444 e. The van der Waals surface area contributed by atoms with Crippen LogP contribution in [0.1, 0.15) is 32.8 Å². The van der Waals surface area contributed by atoms with Crippen LogP contribution in [0.3, 0.4) is 0 Å². The Morgan fingerprint density at radius 2 is 2.00 bits per heavy atom. The van der Waals surface area contributed by atoms with Crippen molar-refractivity contribution in [3.8, 4) is 0 Å². The van der Waals surface area contributed by atoms with Crippen LogP contribution >= 0.6 is 11.8 Å². The molecular formula is C17H28N2O2S. The van der Waals surface area contributed by atoms with Gasteiger partial charge in [0.25, 0.3) is 0 Å². The number of para-hydroxylation sites is 1. The number of rotatable bonds is 7. The second kappa shape index (κ2) is 8.93. The summed E-state index contributed by atoms with van der Waals surface area (Å²) in [5, 5.41) is 3.45. The molecule has 0 bridgehead atoms. The minimum absolute atomic E-state index is 0.301. The van der Waals surface area contributed by atoms with Gasteiger partial charge in [-0.1, -0.05) is 18.2 Å². The number of anilines is 1. The molecular weight excluding hydrogens is 296 g/mol. The maximum Gasteiger partial charge on any atom is 0.410 e. The van der Waals surface area contributed by atoms with E-state index in [0.717, 1.165) is 30.0 Å². The number of nitrogens with zero attached hydrogens (tertiary/aromatic N) is 1. The van der Waals surface area contributed by atoms with Crippen LogP contribution in [0.2, 0.25) is 0 Å². The third-order valence-corrected chi connectivity index (χ3v) is 3.67. The van der Waals surface area contributed by atoms with Gasteiger partial charge in [-0.05, 0) is 50.8 Å². The van der Waals surface area contributed by atoms with E-state index in [1.54, 1.807) is 11.9 Å². The molecule has 5 heteroatoms. The first-order valence-electron chi connectivity index (χ1n) is 7.58. The highest BCUT2D eigenvalue weighted by Gasteiger charge is 2.20. The zero-order valence-corrected chi connectivity index (χ0v) is 15.1. The fourth-order valence-electron chi connectivity index (χ4n) is 1.93. The average molecular weight is 324 g/mol. The van der Waals surface area contributed by atoms with Crippen molar-refractivity contribution in [2.45, 2.75) is 39.3 Å². The van der Waals surface area contributed by atoms with Crippen molar-refractivity contribution < 1.29 is 9.53 Å². The van der Waals surface area contributed by atoms with E-state index < -0.39 is 5.60 Å². The van der Waals surface area contributed by atoms with E-state index in [9.17, 15) is 4.79 Å². The van der Waals surface area contributed by atoms with Crippen molar-refractivity contribution in [1.29, 1.82) is 0 Å². The standard InChI is InChI=1S/C17H28N2O2S/c1-17(2,3)21-16(20)19(4)13-14-9-6-7-10-15(14)18-11-8-12-22-5/h6-7,9-10,18H,8,11-13H2,1-5H3. The quantitative estimate of drug-likeness (QED) is 0.763. The smallest absolute Gasteiger partial charge is 0.410 e. The molecule has 0 unspecified atom stereocenters. The van der Waals surface area contributed by atoms with Gasteiger partial charge in [0.2, 0.25) is 0 Å². The van der Waals surface area contributed by atoms with E-state index in [1.165, 1.54) is 0 Å². The lowest BCUT2D eigenvalue weighted by atomic mass is 10.1. The van der Waals surface area contributed by atoms with Crippen molar-refractivity contribution in [1.82, 2.24) is 4.90 Å². The van der Waals surface area contributed by atoms with Crippen molar-refractivity contribution in [2.24, 2.45) is 0 Å². The van der Waals surface area contributed by atoms with E-state index >= 15 is 0 Å². The van der Waals surface area contributed by atoms with E-state index in [4.69, 9.17) is 4.74 Å². The summed E-state index contributed by atoms with van der Waals surface area (Å²) in [6.45, 7) is 7.09. The minimum atomic E-state index is -0.471. The maximum atomic E-state index is 12.1. The molecule has 1 N–H and O–H groups in total. The Labute approximate surface area is 138 Å². The van der Waals surface area contributed by atoms with Crippen LogP contribution in [-0.4, -0.2) is 42.2 Å². The Morgan fingerprint density at radius 3 is 2.64 bits per heavy atom. The fourth-order valence-corrected chi connectivity index (χ4v) is 2.36. The van der Waals surface area contributed by atoms with Gasteiger partial charge in [-0.25, -0.2) is 4.79 Å². The molecule has 0 saturated carbocycles. The van der Waals surface area contributed by atoms with Gasteiger partial charge in [0, 0.05) is 19.3 Å². The number of carbonyl (C=O) groups excluding carboxylic acids is 1. The topological polar surface area (TPSA) is 41.6 Å². The van der Waals surface area contributed by atoms with Gasteiger partial charge in [0.1, 0.15) is 5.60 Å². The van der Waals surface area contributed by atoms with Gasteiger partial charge in [-0.2, -0.15) is 11.8 Å². The first kappa shape index (κ1) is 18.7. The van der Waals surface area contributed by atoms with Crippen molar-refractivity contribution in [3.63, 3.8) is 0 Å². The van der Waals surface area contributed by atoms with Crippen LogP contribution in [-0.2, 0) is 11.3 Å². The Hall–Kier alpha value is -1.36. The predicted molar refractivity (Wildman–Crippen MR) is 95.6 cm³/mol. The molecule has 0 fully saturated rings. The number of hydrogen-bond acceptors (Lipinski definition) is 4. The summed E-state index contributed by atoms with van der Waals surface area (Å²) >= 11 is 1.85. The molecule has 1 amide bonds. The molecule has 0 radical (unpaired) electrons. The first-order chi connectivity index (χ1) is 10.3. The van der Waals surface area contributed by atoms with Gasteiger partial charge in [0.15, 0.2) is 0 Å². The van der Waals surface area contributed by atoms with Gasteiger partial charge in [0.05, 0.1) is 6.54 Å². The van der Waals surface area contributed by atoms with Crippen LogP contribution in [0.5, 0.6) is 0 Å². The van der Waals surface area contributed by atoms with E-state index in [-0.39, 0.29) is 6.09 Å².